The first-order valence-corrected chi connectivity index (χ1v) is 8.44. The third kappa shape index (κ3) is 3.78. The lowest BCUT2D eigenvalue weighted by atomic mass is 9.93. The van der Waals surface area contributed by atoms with Crippen molar-refractivity contribution in [3.05, 3.63) is 41.8 Å². The van der Waals surface area contributed by atoms with E-state index in [0.717, 1.165) is 30.3 Å². The number of oxazole rings is 1. The second kappa shape index (κ2) is 6.67. The molecule has 0 amide bonds. The van der Waals surface area contributed by atoms with Gasteiger partial charge in [-0.1, -0.05) is 31.5 Å². The van der Waals surface area contributed by atoms with Gasteiger partial charge in [0.05, 0.1) is 12.2 Å². The Labute approximate surface area is 143 Å². The molecule has 0 saturated carbocycles. The lowest BCUT2D eigenvalue weighted by Gasteiger charge is -2.23. The van der Waals surface area contributed by atoms with Gasteiger partial charge in [0.15, 0.2) is 5.96 Å². The molecule has 0 unspecified atom stereocenters. The topological polar surface area (TPSA) is 53.7 Å². The largest absolute Gasteiger partial charge is 0.444 e. The average molecular weight is 326 g/mol. The summed E-state index contributed by atoms with van der Waals surface area (Å²) in [5.74, 6) is 1.59. The molecular weight excluding hydrogens is 300 g/mol. The van der Waals surface area contributed by atoms with Crippen LogP contribution < -0.4 is 5.32 Å². The lowest BCUT2D eigenvalue weighted by molar-refractivity contribution is 0.370. The van der Waals surface area contributed by atoms with Gasteiger partial charge in [0, 0.05) is 25.7 Å². The Morgan fingerprint density at radius 1 is 1.33 bits per heavy atom. The van der Waals surface area contributed by atoms with E-state index >= 15 is 0 Å². The van der Waals surface area contributed by atoms with Crippen LogP contribution in [0.15, 0.2) is 39.9 Å². The van der Waals surface area contributed by atoms with E-state index in [1.54, 1.807) is 6.26 Å². The van der Waals surface area contributed by atoms with Crippen molar-refractivity contribution in [3.63, 3.8) is 0 Å². The van der Waals surface area contributed by atoms with E-state index in [4.69, 9.17) is 4.42 Å². The molecular formula is C19H26N4O. The van der Waals surface area contributed by atoms with Crippen LogP contribution in [-0.4, -0.2) is 36.0 Å². The zero-order chi connectivity index (χ0) is 17.2. The van der Waals surface area contributed by atoms with Gasteiger partial charge in [-0.2, -0.15) is 0 Å². The molecule has 1 aromatic carbocycles. The smallest absolute Gasteiger partial charge is 0.226 e. The van der Waals surface area contributed by atoms with Gasteiger partial charge >= 0.3 is 0 Å². The fraction of sp³-hybridized carbons (Fsp3) is 0.474. The minimum atomic E-state index is 0.351. The van der Waals surface area contributed by atoms with Crippen molar-refractivity contribution >= 4 is 5.96 Å². The summed E-state index contributed by atoms with van der Waals surface area (Å²) in [6, 6.07) is 8.19. The molecule has 1 saturated heterocycles. The van der Waals surface area contributed by atoms with Gasteiger partial charge < -0.3 is 14.6 Å². The highest BCUT2D eigenvalue weighted by molar-refractivity contribution is 5.80. The summed E-state index contributed by atoms with van der Waals surface area (Å²) in [4.78, 5) is 11.3. The molecule has 0 spiro atoms. The van der Waals surface area contributed by atoms with Gasteiger partial charge in [0.2, 0.25) is 5.89 Å². The fourth-order valence-corrected chi connectivity index (χ4v) is 3.01. The summed E-state index contributed by atoms with van der Waals surface area (Å²) in [7, 11) is 1.83. The van der Waals surface area contributed by atoms with E-state index in [1.165, 1.54) is 12.0 Å². The number of aryl methyl sites for hydroxylation is 1. The number of benzene rings is 1. The van der Waals surface area contributed by atoms with E-state index in [-0.39, 0.29) is 0 Å². The Kier molecular flexibility index (Phi) is 4.60. The second-order valence-electron chi connectivity index (χ2n) is 7.25. The predicted molar refractivity (Wildman–Crippen MR) is 96.8 cm³/mol. The molecule has 5 heteroatoms. The molecule has 0 atom stereocenters. The SMILES string of the molecule is CN=C(NCc1coc(-c2ccc(C)cc2)n1)N1CCC(C)(C)C1. The second-order valence-corrected chi connectivity index (χ2v) is 7.25. The molecule has 1 N–H and O–H groups in total. The van der Waals surface area contributed by atoms with E-state index in [9.17, 15) is 0 Å². The molecule has 2 heterocycles. The van der Waals surface area contributed by atoms with Crippen molar-refractivity contribution in [2.24, 2.45) is 10.4 Å². The highest BCUT2D eigenvalue weighted by Gasteiger charge is 2.30. The zero-order valence-corrected chi connectivity index (χ0v) is 15.0. The van der Waals surface area contributed by atoms with E-state index < -0.39 is 0 Å². The molecule has 0 aliphatic carbocycles. The Morgan fingerprint density at radius 3 is 2.71 bits per heavy atom. The number of hydrogen-bond donors (Lipinski definition) is 1. The van der Waals surface area contributed by atoms with Crippen molar-refractivity contribution < 1.29 is 4.42 Å². The summed E-state index contributed by atoms with van der Waals surface area (Å²) < 4.78 is 5.61. The van der Waals surface area contributed by atoms with Crippen LogP contribution in [0.1, 0.15) is 31.5 Å². The number of nitrogens with one attached hydrogen (secondary N) is 1. The number of rotatable bonds is 3. The maximum Gasteiger partial charge on any atom is 0.226 e. The quantitative estimate of drug-likeness (QED) is 0.693. The standard InChI is InChI=1S/C19H26N4O/c1-14-5-7-15(8-6-14)17-22-16(12-24-17)11-21-18(20-4)23-10-9-19(2,3)13-23/h5-8,12H,9-11,13H2,1-4H3,(H,20,21). The van der Waals surface area contributed by atoms with Gasteiger partial charge in [-0.05, 0) is 30.9 Å². The van der Waals surface area contributed by atoms with Crippen LogP contribution in [0.3, 0.4) is 0 Å². The number of aromatic nitrogens is 1. The van der Waals surface area contributed by atoms with Gasteiger partial charge in [0.25, 0.3) is 0 Å². The van der Waals surface area contributed by atoms with Crippen LogP contribution in [0.2, 0.25) is 0 Å². The van der Waals surface area contributed by atoms with E-state index in [2.05, 4.69) is 53.1 Å². The number of aliphatic imine (C=N–C) groups is 1. The Bertz CT molecular complexity index is 715. The van der Waals surface area contributed by atoms with Crippen molar-refractivity contribution in [1.29, 1.82) is 0 Å². The van der Waals surface area contributed by atoms with Crippen molar-refractivity contribution in [3.8, 4) is 11.5 Å². The first-order valence-electron chi connectivity index (χ1n) is 8.44. The lowest BCUT2D eigenvalue weighted by Crippen LogP contribution is -2.40. The minimum Gasteiger partial charge on any atom is -0.444 e. The van der Waals surface area contributed by atoms with Crippen molar-refractivity contribution in [1.82, 2.24) is 15.2 Å². The number of likely N-dealkylation sites (tertiary alicyclic amines) is 1. The Balaban J connectivity index is 1.61. The number of nitrogens with zero attached hydrogens (tertiary/aromatic N) is 3. The van der Waals surface area contributed by atoms with Gasteiger partial charge in [-0.3, -0.25) is 4.99 Å². The summed E-state index contributed by atoms with van der Waals surface area (Å²) in [5, 5.41) is 3.39. The van der Waals surface area contributed by atoms with Crippen molar-refractivity contribution in [2.45, 2.75) is 33.7 Å². The van der Waals surface area contributed by atoms with Crippen LogP contribution in [0, 0.1) is 12.3 Å². The minimum absolute atomic E-state index is 0.351. The van der Waals surface area contributed by atoms with Crippen LogP contribution in [0.25, 0.3) is 11.5 Å². The van der Waals surface area contributed by atoms with Crippen LogP contribution in [0.5, 0.6) is 0 Å². The molecule has 5 nitrogen and oxygen atoms in total. The third-order valence-electron chi connectivity index (χ3n) is 4.47. The molecule has 1 aliphatic heterocycles. The molecule has 128 valence electrons. The molecule has 0 bridgehead atoms. The summed E-state index contributed by atoms with van der Waals surface area (Å²) in [6.07, 6.45) is 2.90. The molecule has 1 fully saturated rings. The van der Waals surface area contributed by atoms with Gasteiger partial charge in [-0.15, -0.1) is 0 Å². The molecule has 2 aromatic rings. The Hall–Kier alpha value is -2.30. The highest BCUT2D eigenvalue weighted by Crippen LogP contribution is 2.28. The average Bonchev–Trinajstić information content (AvgIpc) is 3.15. The van der Waals surface area contributed by atoms with Crippen LogP contribution >= 0.6 is 0 Å². The van der Waals surface area contributed by atoms with Crippen LogP contribution in [0.4, 0.5) is 0 Å². The predicted octanol–water partition coefficient (Wildman–Crippen LogP) is 3.46. The normalized spacial score (nSPS) is 17.3. The van der Waals surface area contributed by atoms with E-state index in [1.807, 2.05) is 19.2 Å². The zero-order valence-electron chi connectivity index (χ0n) is 15.0. The van der Waals surface area contributed by atoms with Gasteiger partial charge in [-0.25, -0.2) is 4.98 Å². The summed E-state index contributed by atoms with van der Waals surface area (Å²) in [6.45, 7) is 9.34. The van der Waals surface area contributed by atoms with E-state index in [0.29, 0.717) is 17.9 Å². The highest BCUT2D eigenvalue weighted by atomic mass is 16.3. The number of hydrogen-bond acceptors (Lipinski definition) is 3. The first-order chi connectivity index (χ1) is 11.5. The van der Waals surface area contributed by atoms with Gasteiger partial charge in [0.1, 0.15) is 6.26 Å². The number of guanidine groups is 1. The summed E-state index contributed by atoms with van der Waals surface area (Å²) in [5.41, 5.74) is 3.46. The first kappa shape index (κ1) is 16.6. The molecule has 24 heavy (non-hydrogen) atoms. The maximum atomic E-state index is 5.61. The summed E-state index contributed by atoms with van der Waals surface area (Å²) >= 11 is 0. The van der Waals surface area contributed by atoms with Crippen molar-refractivity contribution in [2.75, 3.05) is 20.1 Å². The fourth-order valence-electron chi connectivity index (χ4n) is 3.01. The molecule has 1 aromatic heterocycles. The molecule has 0 radical (unpaired) electrons. The molecule has 3 rings (SSSR count). The monoisotopic (exact) mass is 326 g/mol. The third-order valence-corrected chi connectivity index (χ3v) is 4.47. The molecule has 1 aliphatic rings. The Morgan fingerprint density at radius 2 is 2.08 bits per heavy atom. The maximum absolute atomic E-state index is 5.61. The van der Waals surface area contributed by atoms with Crippen LogP contribution in [-0.2, 0) is 6.54 Å².